The van der Waals surface area contributed by atoms with Crippen molar-refractivity contribution < 1.29 is 9.53 Å². The van der Waals surface area contributed by atoms with Gasteiger partial charge in [-0.25, -0.2) is 4.79 Å². The van der Waals surface area contributed by atoms with E-state index in [1.54, 1.807) is 0 Å². The summed E-state index contributed by atoms with van der Waals surface area (Å²) in [6.45, 7) is 4.77. The minimum Gasteiger partial charge on any atom is -0.379 e. The first-order valence-corrected chi connectivity index (χ1v) is 8.21. The average molecular weight is 303 g/mol. The molecule has 5 nitrogen and oxygen atoms in total. The van der Waals surface area contributed by atoms with E-state index in [0.29, 0.717) is 12.5 Å². The lowest BCUT2D eigenvalue weighted by molar-refractivity contribution is 0.0167. The number of ether oxygens (including phenoxy) is 1. The van der Waals surface area contributed by atoms with Gasteiger partial charge in [0.15, 0.2) is 0 Å². The molecule has 5 heteroatoms. The topological polar surface area (TPSA) is 53.6 Å². The Morgan fingerprint density at radius 3 is 2.59 bits per heavy atom. The summed E-state index contributed by atoms with van der Waals surface area (Å²) in [5.41, 5.74) is 1.24. The maximum absolute atomic E-state index is 11.9. The van der Waals surface area contributed by atoms with Crippen LogP contribution in [0.4, 0.5) is 4.79 Å². The lowest BCUT2D eigenvalue weighted by Gasteiger charge is -2.34. The second-order valence-corrected chi connectivity index (χ2v) is 6.11. The van der Waals surface area contributed by atoms with Gasteiger partial charge in [0.25, 0.3) is 0 Å². The van der Waals surface area contributed by atoms with Crippen molar-refractivity contribution in [3.8, 4) is 0 Å². The van der Waals surface area contributed by atoms with Crippen molar-refractivity contribution in [2.45, 2.75) is 18.9 Å². The van der Waals surface area contributed by atoms with E-state index in [4.69, 9.17) is 4.74 Å². The summed E-state index contributed by atoms with van der Waals surface area (Å²) in [6.07, 6.45) is 2.50. The third-order valence-electron chi connectivity index (χ3n) is 4.37. The van der Waals surface area contributed by atoms with E-state index in [1.165, 1.54) is 18.4 Å². The van der Waals surface area contributed by atoms with Crippen LogP contribution in [-0.2, 0) is 4.74 Å². The number of urea groups is 1. The van der Waals surface area contributed by atoms with Gasteiger partial charge in [-0.1, -0.05) is 30.3 Å². The van der Waals surface area contributed by atoms with E-state index >= 15 is 0 Å². The summed E-state index contributed by atoms with van der Waals surface area (Å²) in [5.74, 6) is 0.704. The van der Waals surface area contributed by atoms with Crippen LogP contribution in [0.15, 0.2) is 30.3 Å². The molecule has 1 aromatic carbocycles. The number of amides is 2. The minimum absolute atomic E-state index is 0.0545. The summed E-state index contributed by atoms with van der Waals surface area (Å²) in [4.78, 5) is 14.3. The number of hydrogen-bond acceptors (Lipinski definition) is 3. The molecular formula is C17H25N3O2. The molecule has 120 valence electrons. The fourth-order valence-electron chi connectivity index (χ4n) is 2.83. The second-order valence-electron chi connectivity index (χ2n) is 6.11. The molecule has 3 rings (SSSR count). The fourth-order valence-corrected chi connectivity index (χ4v) is 2.83. The third kappa shape index (κ3) is 4.45. The van der Waals surface area contributed by atoms with Gasteiger partial charge in [0.2, 0.25) is 0 Å². The number of hydrogen-bond donors (Lipinski definition) is 2. The Labute approximate surface area is 132 Å². The zero-order chi connectivity index (χ0) is 15.2. The molecular weight excluding hydrogens is 278 g/mol. The minimum atomic E-state index is -0.0545. The first-order valence-electron chi connectivity index (χ1n) is 8.21. The third-order valence-corrected chi connectivity index (χ3v) is 4.37. The first kappa shape index (κ1) is 15.3. The zero-order valence-corrected chi connectivity index (χ0v) is 13.0. The van der Waals surface area contributed by atoms with Crippen LogP contribution < -0.4 is 10.6 Å². The molecule has 2 amide bonds. The fraction of sp³-hybridized carbons (Fsp3) is 0.588. The van der Waals surface area contributed by atoms with Crippen molar-refractivity contribution >= 4 is 6.03 Å². The van der Waals surface area contributed by atoms with Gasteiger partial charge in [-0.2, -0.15) is 0 Å². The Balaban J connectivity index is 1.56. The molecule has 2 aliphatic rings. The molecule has 1 atom stereocenters. The van der Waals surface area contributed by atoms with Gasteiger partial charge in [0.05, 0.1) is 19.3 Å². The molecule has 1 aromatic rings. The predicted octanol–water partition coefficient (Wildman–Crippen LogP) is 1.77. The van der Waals surface area contributed by atoms with Crippen LogP contribution in [0.5, 0.6) is 0 Å². The summed E-state index contributed by atoms with van der Waals surface area (Å²) >= 11 is 0. The molecule has 2 fully saturated rings. The van der Waals surface area contributed by atoms with Gasteiger partial charge in [-0.15, -0.1) is 0 Å². The Morgan fingerprint density at radius 1 is 1.18 bits per heavy atom. The van der Waals surface area contributed by atoms with Crippen LogP contribution in [0, 0.1) is 5.92 Å². The monoisotopic (exact) mass is 303 g/mol. The SMILES string of the molecule is O=C(NCC1CC1)NC[C@H](c1ccccc1)N1CCOCC1. The van der Waals surface area contributed by atoms with Crippen LogP contribution in [0.25, 0.3) is 0 Å². The van der Waals surface area contributed by atoms with Crippen LogP contribution in [0.3, 0.4) is 0 Å². The molecule has 1 aliphatic heterocycles. The van der Waals surface area contributed by atoms with Crippen LogP contribution in [0.1, 0.15) is 24.4 Å². The van der Waals surface area contributed by atoms with Crippen molar-refractivity contribution in [3.63, 3.8) is 0 Å². The summed E-state index contributed by atoms with van der Waals surface area (Å²) in [7, 11) is 0. The van der Waals surface area contributed by atoms with E-state index in [1.807, 2.05) is 6.07 Å². The highest BCUT2D eigenvalue weighted by atomic mass is 16.5. The standard InChI is InChI=1S/C17H25N3O2/c21-17(18-12-14-6-7-14)19-13-16(15-4-2-1-3-5-15)20-8-10-22-11-9-20/h1-5,14,16H,6-13H2,(H2,18,19,21)/t16-/m1/s1. The number of rotatable bonds is 6. The van der Waals surface area contributed by atoms with E-state index in [0.717, 1.165) is 32.8 Å². The summed E-state index contributed by atoms with van der Waals surface area (Å²) in [5, 5.41) is 5.99. The Bertz CT molecular complexity index is 470. The van der Waals surface area contributed by atoms with Gasteiger partial charge in [0.1, 0.15) is 0 Å². The molecule has 1 aliphatic carbocycles. The Hall–Kier alpha value is -1.59. The van der Waals surface area contributed by atoms with Crippen molar-refractivity contribution in [3.05, 3.63) is 35.9 Å². The van der Waals surface area contributed by atoms with Gasteiger partial charge >= 0.3 is 6.03 Å². The quantitative estimate of drug-likeness (QED) is 0.842. The largest absolute Gasteiger partial charge is 0.379 e. The van der Waals surface area contributed by atoms with Gasteiger partial charge in [-0.05, 0) is 24.3 Å². The smallest absolute Gasteiger partial charge is 0.314 e. The van der Waals surface area contributed by atoms with E-state index in [-0.39, 0.29) is 12.1 Å². The number of carbonyl (C=O) groups is 1. The van der Waals surface area contributed by atoms with Gasteiger partial charge in [-0.3, -0.25) is 4.90 Å². The zero-order valence-electron chi connectivity index (χ0n) is 13.0. The molecule has 0 bridgehead atoms. The summed E-state index contributed by atoms with van der Waals surface area (Å²) in [6, 6.07) is 10.5. The summed E-state index contributed by atoms with van der Waals surface area (Å²) < 4.78 is 5.44. The van der Waals surface area contributed by atoms with Crippen molar-refractivity contribution in [1.82, 2.24) is 15.5 Å². The number of benzene rings is 1. The Kier molecular flexibility index (Phi) is 5.29. The highest BCUT2D eigenvalue weighted by Gasteiger charge is 2.24. The average Bonchev–Trinajstić information content (AvgIpc) is 3.39. The number of carbonyl (C=O) groups excluding carboxylic acids is 1. The van der Waals surface area contributed by atoms with E-state index in [9.17, 15) is 4.79 Å². The first-order chi connectivity index (χ1) is 10.8. The Morgan fingerprint density at radius 2 is 1.91 bits per heavy atom. The molecule has 0 spiro atoms. The van der Waals surface area contributed by atoms with Crippen molar-refractivity contribution in [2.75, 3.05) is 39.4 Å². The predicted molar refractivity (Wildman–Crippen MR) is 85.7 cm³/mol. The van der Waals surface area contributed by atoms with Crippen molar-refractivity contribution in [1.29, 1.82) is 0 Å². The van der Waals surface area contributed by atoms with Gasteiger partial charge in [0, 0.05) is 26.2 Å². The van der Waals surface area contributed by atoms with Crippen LogP contribution in [-0.4, -0.2) is 50.3 Å². The van der Waals surface area contributed by atoms with E-state index < -0.39 is 0 Å². The second kappa shape index (κ2) is 7.61. The van der Waals surface area contributed by atoms with Gasteiger partial charge < -0.3 is 15.4 Å². The maximum Gasteiger partial charge on any atom is 0.314 e. The lowest BCUT2D eigenvalue weighted by atomic mass is 10.0. The van der Waals surface area contributed by atoms with Crippen molar-refractivity contribution in [2.24, 2.45) is 5.92 Å². The molecule has 2 N–H and O–H groups in total. The highest BCUT2D eigenvalue weighted by Crippen LogP contribution is 2.27. The maximum atomic E-state index is 11.9. The normalized spacial score (nSPS) is 20.4. The lowest BCUT2D eigenvalue weighted by Crippen LogP contribution is -2.46. The number of nitrogens with one attached hydrogen (secondary N) is 2. The van der Waals surface area contributed by atoms with E-state index in [2.05, 4.69) is 39.8 Å². The number of morpholine rings is 1. The molecule has 1 heterocycles. The molecule has 0 aromatic heterocycles. The molecule has 22 heavy (non-hydrogen) atoms. The number of nitrogens with zero attached hydrogens (tertiary/aromatic N) is 1. The molecule has 0 radical (unpaired) electrons. The molecule has 0 unspecified atom stereocenters. The molecule has 1 saturated heterocycles. The van der Waals surface area contributed by atoms with Crippen LogP contribution >= 0.6 is 0 Å². The highest BCUT2D eigenvalue weighted by molar-refractivity contribution is 5.73. The van der Waals surface area contributed by atoms with Crippen LogP contribution in [0.2, 0.25) is 0 Å². The molecule has 1 saturated carbocycles.